The van der Waals surface area contributed by atoms with Crippen molar-refractivity contribution < 1.29 is 42.1 Å². The van der Waals surface area contributed by atoms with E-state index in [1.54, 1.807) is 65.0 Å². The minimum absolute atomic E-state index is 0.0247. The molecule has 2 atom stereocenters. The van der Waals surface area contributed by atoms with Crippen molar-refractivity contribution in [1.29, 1.82) is 0 Å². The van der Waals surface area contributed by atoms with Gasteiger partial charge in [0, 0.05) is 25.4 Å². The van der Waals surface area contributed by atoms with E-state index in [0.717, 1.165) is 17.0 Å². The van der Waals surface area contributed by atoms with Crippen molar-refractivity contribution in [2.75, 3.05) is 7.05 Å². The Bertz CT molecular complexity index is 1130. The van der Waals surface area contributed by atoms with Crippen molar-refractivity contribution in [2.24, 2.45) is 11.8 Å². The van der Waals surface area contributed by atoms with Gasteiger partial charge in [0.25, 0.3) is 0 Å². The first-order valence-corrected chi connectivity index (χ1v) is 12.4. The Morgan fingerprint density at radius 1 is 1.03 bits per heavy atom. The molecule has 0 spiro atoms. The Morgan fingerprint density at radius 2 is 1.64 bits per heavy atom. The van der Waals surface area contributed by atoms with Crippen LogP contribution in [-0.2, 0) is 38.3 Å². The molecule has 0 saturated heterocycles. The Kier molecular flexibility index (Phi) is 10.1. The van der Waals surface area contributed by atoms with E-state index in [1.807, 2.05) is 0 Å². The second-order valence-electron chi connectivity index (χ2n) is 10.8. The lowest BCUT2D eigenvalue weighted by molar-refractivity contribution is -0.169. The molecule has 0 fully saturated rings. The summed E-state index contributed by atoms with van der Waals surface area (Å²) >= 11 is 0. The largest absolute Gasteiger partial charge is 0.479 e. The van der Waals surface area contributed by atoms with Crippen LogP contribution in [0.5, 0.6) is 0 Å². The average molecular weight is 553 g/mol. The van der Waals surface area contributed by atoms with E-state index in [1.165, 1.54) is 7.05 Å². The maximum atomic E-state index is 13.6. The first-order valence-electron chi connectivity index (χ1n) is 12.4. The van der Waals surface area contributed by atoms with Crippen LogP contribution in [0.2, 0.25) is 0 Å². The van der Waals surface area contributed by atoms with Crippen molar-refractivity contribution in [3.05, 3.63) is 65.5 Å². The summed E-state index contributed by atoms with van der Waals surface area (Å²) in [6, 6.07) is 10.6. The molecule has 2 rings (SSSR count). The Balaban J connectivity index is 2.61. The molecule has 39 heavy (non-hydrogen) atoms. The number of carbonyl (C=O) groups excluding carboxylic acids is 2. The minimum atomic E-state index is -4.63. The fourth-order valence-corrected chi connectivity index (χ4v) is 4.21. The molecular weight excluding hydrogens is 517 g/mol. The van der Waals surface area contributed by atoms with E-state index in [4.69, 9.17) is 9.47 Å². The molecule has 0 unspecified atom stereocenters. The molecule has 11 heteroatoms. The summed E-state index contributed by atoms with van der Waals surface area (Å²) in [5.41, 5.74) is -3.47. The highest BCUT2D eigenvalue weighted by atomic mass is 19.4. The molecule has 1 aromatic heterocycles. The average Bonchev–Trinajstić information content (AvgIpc) is 2.83. The van der Waals surface area contributed by atoms with Gasteiger partial charge in [0.05, 0.1) is 11.5 Å². The van der Waals surface area contributed by atoms with Crippen LogP contribution >= 0.6 is 0 Å². The Labute approximate surface area is 226 Å². The predicted molar refractivity (Wildman–Crippen MR) is 136 cm³/mol. The zero-order valence-electron chi connectivity index (χ0n) is 22.9. The van der Waals surface area contributed by atoms with Crippen LogP contribution in [0.4, 0.5) is 18.0 Å². The number of amides is 1. The highest BCUT2D eigenvalue weighted by Gasteiger charge is 2.56. The zero-order chi connectivity index (χ0) is 29.6. The van der Waals surface area contributed by atoms with Crippen LogP contribution in [-0.4, -0.2) is 51.2 Å². The number of nitrogens with zero attached hydrogens (tertiary/aromatic N) is 2. The van der Waals surface area contributed by atoms with E-state index < -0.39 is 53.3 Å². The van der Waals surface area contributed by atoms with Crippen LogP contribution in [0.15, 0.2) is 48.7 Å². The van der Waals surface area contributed by atoms with Gasteiger partial charge >= 0.3 is 24.2 Å². The molecule has 0 saturated carbocycles. The monoisotopic (exact) mass is 552 g/mol. The quantitative estimate of drug-likeness (QED) is 0.375. The van der Waals surface area contributed by atoms with Crippen LogP contribution in [0, 0.1) is 11.8 Å². The molecule has 8 nitrogen and oxygen atoms in total. The van der Waals surface area contributed by atoms with E-state index in [-0.39, 0.29) is 24.6 Å². The van der Waals surface area contributed by atoms with E-state index >= 15 is 0 Å². The topological polar surface area (TPSA) is 106 Å². The lowest BCUT2D eigenvalue weighted by Crippen LogP contribution is -2.63. The normalized spacial score (nSPS) is 14.3. The van der Waals surface area contributed by atoms with Gasteiger partial charge in [-0.2, -0.15) is 13.2 Å². The summed E-state index contributed by atoms with van der Waals surface area (Å²) in [6.07, 6.45) is -5.57. The number of esters is 1. The van der Waals surface area contributed by atoms with Crippen LogP contribution in [0.3, 0.4) is 0 Å². The number of ether oxygens (including phenoxy) is 2. The lowest BCUT2D eigenvalue weighted by Gasteiger charge is -2.43. The van der Waals surface area contributed by atoms with Crippen molar-refractivity contribution in [3.63, 3.8) is 0 Å². The number of likely N-dealkylation sites (N-methyl/N-ethyl adjacent to an activating group) is 1. The smallest absolute Gasteiger partial charge is 0.417 e. The molecule has 0 aliphatic heterocycles. The Morgan fingerprint density at radius 3 is 2.10 bits per heavy atom. The van der Waals surface area contributed by atoms with Gasteiger partial charge < -0.3 is 14.6 Å². The fourth-order valence-electron chi connectivity index (χ4n) is 4.21. The molecular formula is C28H35F3N2O6. The molecule has 2 aromatic rings. The number of carboxylic acids is 1. The SMILES string of the molecule is CC(C)C[C@@](C(=O)O)([C@@H](Cc1ccc(C(F)(F)F)cn1)C(=O)OCc1ccccc1)N(C)C(=O)OC(C)(C)C. The number of hydrogen-bond donors (Lipinski definition) is 1. The molecule has 0 aliphatic carbocycles. The molecule has 1 heterocycles. The van der Waals surface area contributed by atoms with Crippen LogP contribution in [0.1, 0.15) is 57.9 Å². The summed E-state index contributed by atoms with van der Waals surface area (Å²) in [6.45, 7) is 8.11. The van der Waals surface area contributed by atoms with Gasteiger partial charge in [-0.05, 0) is 50.8 Å². The molecule has 0 bridgehead atoms. The number of alkyl halides is 3. The summed E-state index contributed by atoms with van der Waals surface area (Å²) in [7, 11) is 1.22. The summed E-state index contributed by atoms with van der Waals surface area (Å²) in [5.74, 6) is -4.30. The standard InChI is InChI=1S/C28H35F3N2O6/c1-18(2)15-27(24(35)36,33(6)25(37)39-26(3,4)5)22(23(34)38-17-19-10-8-7-9-11-19)14-21-13-12-20(16-32-21)28(29,30)31/h7-13,16,18,22H,14-15,17H2,1-6H3,(H,35,36)/t22-,27-/m0/s1. The first kappa shape index (κ1) is 31.6. The number of hydrogen-bond acceptors (Lipinski definition) is 6. The third-order valence-corrected chi connectivity index (χ3v) is 6.01. The summed E-state index contributed by atoms with van der Waals surface area (Å²) < 4.78 is 50.2. The van der Waals surface area contributed by atoms with E-state index in [9.17, 15) is 32.7 Å². The number of pyridine rings is 1. The Hall–Kier alpha value is -3.63. The highest BCUT2D eigenvalue weighted by Crippen LogP contribution is 2.37. The van der Waals surface area contributed by atoms with Gasteiger partial charge in [-0.3, -0.25) is 14.7 Å². The number of halogens is 3. The fraction of sp³-hybridized carbons (Fsp3) is 0.500. The number of aliphatic carboxylic acids is 1. The van der Waals surface area contributed by atoms with Crippen molar-refractivity contribution in [3.8, 4) is 0 Å². The number of aromatic nitrogens is 1. The second kappa shape index (κ2) is 12.5. The van der Waals surface area contributed by atoms with Crippen LogP contribution < -0.4 is 0 Å². The number of carboxylic acid groups (broad SMARTS) is 1. The summed E-state index contributed by atoms with van der Waals surface area (Å²) in [5, 5.41) is 10.6. The van der Waals surface area contributed by atoms with Gasteiger partial charge in [-0.15, -0.1) is 0 Å². The van der Waals surface area contributed by atoms with Gasteiger partial charge in [-0.1, -0.05) is 44.2 Å². The van der Waals surface area contributed by atoms with Crippen molar-refractivity contribution >= 4 is 18.0 Å². The molecule has 1 N–H and O–H groups in total. The molecule has 1 amide bonds. The predicted octanol–water partition coefficient (Wildman–Crippen LogP) is 5.74. The van der Waals surface area contributed by atoms with Gasteiger partial charge in [0.2, 0.25) is 0 Å². The second-order valence-corrected chi connectivity index (χ2v) is 10.8. The lowest BCUT2D eigenvalue weighted by atomic mass is 9.74. The molecule has 0 radical (unpaired) electrons. The maximum absolute atomic E-state index is 13.6. The van der Waals surface area contributed by atoms with E-state index in [2.05, 4.69) is 4.98 Å². The molecule has 0 aliphatic rings. The van der Waals surface area contributed by atoms with Crippen LogP contribution in [0.25, 0.3) is 0 Å². The molecule has 214 valence electrons. The third-order valence-electron chi connectivity index (χ3n) is 6.01. The first-order chi connectivity index (χ1) is 18.0. The van der Waals surface area contributed by atoms with Crippen molar-refractivity contribution in [2.45, 2.75) is 71.4 Å². The number of benzene rings is 1. The molecule has 1 aromatic carbocycles. The van der Waals surface area contributed by atoms with Crippen molar-refractivity contribution in [1.82, 2.24) is 9.88 Å². The highest BCUT2D eigenvalue weighted by molar-refractivity contribution is 5.91. The number of carbonyl (C=O) groups is 3. The van der Waals surface area contributed by atoms with Gasteiger partial charge in [0.1, 0.15) is 12.2 Å². The van der Waals surface area contributed by atoms with Gasteiger partial charge in [-0.25, -0.2) is 9.59 Å². The third kappa shape index (κ3) is 8.43. The van der Waals surface area contributed by atoms with E-state index in [0.29, 0.717) is 11.8 Å². The minimum Gasteiger partial charge on any atom is -0.479 e. The zero-order valence-corrected chi connectivity index (χ0v) is 22.9. The number of rotatable bonds is 10. The maximum Gasteiger partial charge on any atom is 0.417 e. The van der Waals surface area contributed by atoms with Gasteiger partial charge in [0.15, 0.2) is 5.54 Å². The summed E-state index contributed by atoms with van der Waals surface area (Å²) in [4.78, 5) is 44.5.